The van der Waals surface area contributed by atoms with E-state index in [9.17, 15) is 19.5 Å². The summed E-state index contributed by atoms with van der Waals surface area (Å²) in [5.41, 5.74) is 0.444. The van der Waals surface area contributed by atoms with Crippen LogP contribution in [0.3, 0.4) is 0 Å². The van der Waals surface area contributed by atoms with Gasteiger partial charge >= 0.3 is 0 Å². The van der Waals surface area contributed by atoms with Crippen molar-refractivity contribution in [2.45, 2.75) is 71.8 Å². The van der Waals surface area contributed by atoms with Crippen LogP contribution in [0.5, 0.6) is 5.75 Å². The lowest BCUT2D eigenvalue weighted by Crippen LogP contribution is -2.55. The van der Waals surface area contributed by atoms with Crippen molar-refractivity contribution in [3.8, 4) is 5.75 Å². The van der Waals surface area contributed by atoms with Gasteiger partial charge in [0.05, 0.1) is 0 Å². The maximum absolute atomic E-state index is 12.8. The number of piperidine rings is 1. The smallest absolute Gasteiger partial charge is 0.291 e. The van der Waals surface area contributed by atoms with E-state index in [0.29, 0.717) is 25.9 Å². The predicted octanol–water partition coefficient (Wildman–Crippen LogP) is 3.22. The van der Waals surface area contributed by atoms with Crippen molar-refractivity contribution in [3.63, 3.8) is 0 Å². The van der Waals surface area contributed by atoms with Crippen LogP contribution in [0.1, 0.15) is 64.9 Å². The minimum absolute atomic E-state index is 0.162. The number of phenolic OH excluding ortho intramolecular Hbond substituents is 1. The molecule has 1 heterocycles. The quantitative estimate of drug-likeness (QED) is 0.490. The zero-order chi connectivity index (χ0) is 21.4. The van der Waals surface area contributed by atoms with Crippen molar-refractivity contribution in [2.24, 2.45) is 5.41 Å². The minimum Gasteiger partial charge on any atom is -0.508 e. The maximum atomic E-state index is 12.8. The molecular formula is C23H34N2O4. The Morgan fingerprint density at radius 3 is 2.48 bits per heavy atom. The molecule has 0 unspecified atom stereocenters. The van der Waals surface area contributed by atoms with Crippen LogP contribution in [-0.2, 0) is 20.8 Å². The molecule has 1 atom stereocenters. The summed E-state index contributed by atoms with van der Waals surface area (Å²) < 4.78 is 0. The van der Waals surface area contributed by atoms with Crippen molar-refractivity contribution in [1.82, 2.24) is 10.2 Å². The molecule has 1 aromatic carbocycles. The first kappa shape index (κ1) is 22.9. The Balaban J connectivity index is 1.83. The average Bonchev–Trinajstić information content (AvgIpc) is 2.73. The summed E-state index contributed by atoms with van der Waals surface area (Å²) in [7, 11) is 0. The highest BCUT2D eigenvalue weighted by Crippen LogP contribution is 2.25. The summed E-state index contributed by atoms with van der Waals surface area (Å²) >= 11 is 0. The van der Waals surface area contributed by atoms with Crippen LogP contribution in [0.2, 0.25) is 0 Å². The number of ketones is 1. The molecule has 0 aromatic heterocycles. The fourth-order valence-corrected chi connectivity index (χ4v) is 3.47. The Morgan fingerprint density at radius 2 is 1.83 bits per heavy atom. The van der Waals surface area contributed by atoms with Crippen LogP contribution in [0.25, 0.3) is 0 Å². The third-order valence-electron chi connectivity index (χ3n) is 5.89. The molecule has 0 bridgehead atoms. The van der Waals surface area contributed by atoms with Crippen molar-refractivity contribution < 1.29 is 19.5 Å². The van der Waals surface area contributed by atoms with E-state index < -0.39 is 23.1 Å². The second-order valence-corrected chi connectivity index (χ2v) is 8.49. The zero-order valence-electron chi connectivity index (χ0n) is 17.9. The Labute approximate surface area is 173 Å². The number of hydrogen-bond acceptors (Lipinski definition) is 4. The molecule has 1 saturated heterocycles. The molecule has 1 aliphatic heterocycles. The molecule has 1 fully saturated rings. The fraction of sp³-hybridized carbons (Fsp3) is 0.609. The molecule has 29 heavy (non-hydrogen) atoms. The third-order valence-corrected chi connectivity index (χ3v) is 5.89. The van der Waals surface area contributed by atoms with Crippen LogP contribution >= 0.6 is 0 Å². The SMILES string of the molecule is CCC(C)(C)C(=O)C(=O)N1CCCC[C@H]1C(=O)NCCCCc1ccc(O)cc1. The third kappa shape index (κ3) is 6.31. The molecule has 160 valence electrons. The number of hydrogen-bond donors (Lipinski definition) is 2. The molecule has 2 rings (SSSR count). The maximum Gasteiger partial charge on any atom is 0.291 e. The number of carbonyl (C=O) groups is 3. The van der Waals surface area contributed by atoms with Gasteiger partial charge in [0, 0.05) is 18.5 Å². The molecule has 1 aliphatic rings. The summed E-state index contributed by atoms with van der Waals surface area (Å²) in [6.45, 7) is 6.46. The van der Waals surface area contributed by atoms with Crippen LogP contribution in [0.15, 0.2) is 24.3 Å². The van der Waals surface area contributed by atoms with Crippen molar-refractivity contribution >= 4 is 17.6 Å². The van der Waals surface area contributed by atoms with E-state index in [1.54, 1.807) is 26.0 Å². The van der Waals surface area contributed by atoms with Crippen molar-refractivity contribution in [3.05, 3.63) is 29.8 Å². The Hall–Kier alpha value is -2.37. The highest BCUT2D eigenvalue weighted by molar-refractivity contribution is 6.38. The van der Waals surface area contributed by atoms with E-state index in [1.807, 2.05) is 19.1 Å². The number of aryl methyl sites for hydroxylation is 1. The van der Waals surface area contributed by atoms with Gasteiger partial charge < -0.3 is 15.3 Å². The van der Waals surface area contributed by atoms with Crippen molar-refractivity contribution in [2.75, 3.05) is 13.1 Å². The van der Waals surface area contributed by atoms with Crippen LogP contribution in [0, 0.1) is 5.41 Å². The molecule has 2 N–H and O–H groups in total. The van der Waals surface area contributed by atoms with Gasteiger partial charge in [0.2, 0.25) is 11.7 Å². The molecule has 6 nitrogen and oxygen atoms in total. The largest absolute Gasteiger partial charge is 0.508 e. The van der Waals surface area contributed by atoms with E-state index in [0.717, 1.165) is 37.7 Å². The van der Waals surface area contributed by atoms with Crippen molar-refractivity contribution in [1.29, 1.82) is 0 Å². The topological polar surface area (TPSA) is 86.7 Å². The Morgan fingerprint density at radius 1 is 1.14 bits per heavy atom. The first-order chi connectivity index (χ1) is 13.8. The summed E-state index contributed by atoms with van der Waals surface area (Å²) in [5, 5.41) is 12.2. The van der Waals surface area contributed by atoms with E-state index in [4.69, 9.17) is 0 Å². The minimum atomic E-state index is -0.705. The van der Waals surface area contributed by atoms with Gasteiger partial charge in [-0.15, -0.1) is 0 Å². The molecule has 0 spiro atoms. The Bertz CT molecular complexity index is 712. The van der Waals surface area contributed by atoms with Gasteiger partial charge in [-0.05, 0) is 62.6 Å². The number of aromatic hydroxyl groups is 1. The molecule has 2 amide bonds. The number of nitrogens with zero attached hydrogens (tertiary/aromatic N) is 1. The predicted molar refractivity (Wildman–Crippen MR) is 112 cm³/mol. The number of rotatable bonds is 9. The number of benzene rings is 1. The fourth-order valence-electron chi connectivity index (χ4n) is 3.47. The van der Waals surface area contributed by atoms with E-state index in [2.05, 4.69) is 5.32 Å². The van der Waals surface area contributed by atoms with Gasteiger partial charge in [0.1, 0.15) is 11.8 Å². The molecule has 0 aliphatic carbocycles. The lowest BCUT2D eigenvalue weighted by Gasteiger charge is -2.36. The van der Waals surface area contributed by atoms with Gasteiger partial charge in [-0.25, -0.2) is 0 Å². The lowest BCUT2D eigenvalue weighted by molar-refractivity contribution is -0.153. The van der Waals surface area contributed by atoms with E-state index in [-0.39, 0.29) is 11.7 Å². The number of Topliss-reactive ketones (excluding diaryl/α,β-unsaturated/α-hetero) is 1. The zero-order valence-corrected chi connectivity index (χ0v) is 17.9. The second kappa shape index (κ2) is 10.4. The normalized spacial score (nSPS) is 17.1. The lowest BCUT2D eigenvalue weighted by atomic mass is 9.84. The standard InChI is InChI=1S/C23H34N2O4/c1-4-23(2,3)20(27)22(29)25-16-8-6-10-19(25)21(28)24-15-7-5-9-17-11-13-18(26)14-12-17/h11-14,19,26H,4-10,15-16H2,1-3H3,(H,24,28)/t19-/m0/s1. The van der Waals surface area contributed by atoms with E-state index in [1.165, 1.54) is 4.90 Å². The second-order valence-electron chi connectivity index (χ2n) is 8.49. The first-order valence-corrected chi connectivity index (χ1v) is 10.7. The van der Waals surface area contributed by atoms with Crippen LogP contribution < -0.4 is 5.32 Å². The van der Waals surface area contributed by atoms with Crippen LogP contribution in [-0.4, -0.2) is 46.7 Å². The number of unbranched alkanes of at least 4 members (excludes halogenated alkanes) is 1. The first-order valence-electron chi connectivity index (χ1n) is 10.7. The summed E-state index contributed by atoms with van der Waals surface area (Å²) in [4.78, 5) is 39.5. The number of carbonyl (C=O) groups excluding carboxylic acids is 3. The van der Waals surface area contributed by atoms with Gasteiger partial charge in [-0.1, -0.05) is 32.9 Å². The molecule has 1 aromatic rings. The average molecular weight is 403 g/mol. The summed E-state index contributed by atoms with van der Waals surface area (Å²) in [6, 6.07) is 6.59. The number of amides is 2. The highest BCUT2D eigenvalue weighted by Gasteiger charge is 2.39. The molecule has 6 heteroatoms. The van der Waals surface area contributed by atoms with Gasteiger partial charge in [-0.3, -0.25) is 14.4 Å². The van der Waals surface area contributed by atoms with Gasteiger partial charge in [0.15, 0.2) is 0 Å². The molecule has 0 radical (unpaired) electrons. The van der Waals surface area contributed by atoms with Crippen LogP contribution in [0.4, 0.5) is 0 Å². The Kier molecular flexibility index (Phi) is 8.23. The van der Waals surface area contributed by atoms with Gasteiger partial charge in [0.25, 0.3) is 5.91 Å². The highest BCUT2D eigenvalue weighted by atomic mass is 16.3. The van der Waals surface area contributed by atoms with Gasteiger partial charge in [-0.2, -0.15) is 0 Å². The summed E-state index contributed by atoms with van der Waals surface area (Å²) in [6.07, 6.45) is 5.52. The van der Waals surface area contributed by atoms with E-state index >= 15 is 0 Å². The monoisotopic (exact) mass is 402 g/mol. The number of phenols is 1. The molecular weight excluding hydrogens is 368 g/mol. The molecule has 0 saturated carbocycles. The number of nitrogens with one attached hydrogen (secondary N) is 1. The summed E-state index contributed by atoms with van der Waals surface area (Å²) in [5.74, 6) is -0.837. The number of likely N-dealkylation sites (tertiary alicyclic amines) is 1.